The van der Waals surface area contributed by atoms with Crippen LogP contribution in [0.15, 0.2) is 31.8 Å². The summed E-state index contributed by atoms with van der Waals surface area (Å²) < 4.78 is 21.1. The number of benzene rings is 1. The Morgan fingerprint density at radius 2 is 2.06 bits per heavy atom. The Balaban J connectivity index is 2.52. The van der Waals surface area contributed by atoms with Crippen LogP contribution in [0.5, 0.6) is 5.75 Å². The van der Waals surface area contributed by atoms with Gasteiger partial charge in [0.1, 0.15) is 11.6 Å². The molecular formula is C12H8Br3FOS. The molecule has 0 amide bonds. The van der Waals surface area contributed by atoms with Crippen LogP contribution in [0.25, 0.3) is 0 Å². The summed E-state index contributed by atoms with van der Waals surface area (Å²) in [6.07, 6.45) is 0. The lowest BCUT2D eigenvalue weighted by molar-refractivity contribution is 0.405. The third kappa shape index (κ3) is 2.81. The molecule has 2 rings (SSSR count). The van der Waals surface area contributed by atoms with Crippen LogP contribution in [0.3, 0.4) is 0 Å². The Hall–Kier alpha value is 0.0900. The lowest BCUT2D eigenvalue weighted by Crippen LogP contribution is -2.00. The Kier molecular flexibility index (Phi) is 4.86. The lowest BCUT2D eigenvalue weighted by Gasteiger charge is -2.14. The van der Waals surface area contributed by atoms with Crippen molar-refractivity contribution < 1.29 is 9.13 Å². The van der Waals surface area contributed by atoms with Crippen molar-refractivity contribution in [3.8, 4) is 5.75 Å². The monoisotopic (exact) mass is 456 g/mol. The van der Waals surface area contributed by atoms with Gasteiger partial charge in [-0.3, -0.25) is 0 Å². The van der Waals surface area contributed by atoms with Gasteiger partial charge >= 0.3 is 0 Å². The Morgan fingerprint density at radius 1 is 1.33 bits per heavy atom. The molecular weight excluding hydrogens is 451 g/mol. The summed E-state index contributed by atoms with van der Waals surface area (Å²) in [6, 6.07) is 6.78. The molecule has 1 aromatic heterocycles. The highest BCUT2D eigenvalue weighted by atomic mass is 79.9. The van der Waals surface area contributed by atoms with Crippen molar-refractivity contribution in [2.75, 3.05) is 7.11 Å². The molecule has 18 heavy (non-hydrogen) atoms. The van der Waals surface area contributed by atoms with Crippen LogP contribution in [0, 0.1) is 5.82 Å². The quantitative estimate of drug-likeness (QED) is 0.520. The number of alkyl halides is 1. The van der Waals surface area contributed by atoms with Crippen LogP contribution in [-0.2, 0) is 0 Å². The first-order valence-electron chi connectivity index (χ1n) is 4.95. The van der Waals surface area contributed by atoms with Crippen LogP contribution in [0.1, 0.15) is 16.0 Å². The smallest absolute Gasteiger partial charge is 0.131 e. The third-order valence-electron chi connectivity index (χ3n) is 2.44. The summed E-state index contributed by atoms with van der Waals surface area (Å²) >= 11 is 12.0. The van der Waals surface area contributed by atoms with E-state index in [-0.39, 0.29) is 10.6 Å². The van der Waals surface area contributed by atoms with E-state index < -0.39 is 0 Å². The maximum atomic E-state index is 14.0. The highest BCUT2D eigenvalue weighted by Gasteiger charge is 2.23. The van der Waals surface area contributed by atoms with Crippen molar-refractivity contribution in [3.05, 3.63) is 48.8 Å². The summed E-state index contributed by atoms with van der Waals surface area (Å²) in [6.45, 7) is 0. The summed E-state index contributed by atoms with van der Waals surface area (Å²) in [7, 11) is 1.54. The van der Waals surface area contributed by atoms with E-state index in [1.54, 1.807) is 23.5 Å². The van der Waals surface area contributed by atoms with Gasteiger partial charge in [-0.2, -0.15) is 0 Å². The Labute approximate surface area is 134 Å². The second-order valence-corrected chi connectivity index (χ2v) is 8.16. The molecule has 1 aromatic carbocycles. The molecule has 0 saturated carbocycles. The van der Waals surface area contributed by atoms with Crippen LogP contribution < -0.4 is 4.74 Å². The van der Waals surface area contributed by atoms with E-state index in [0.717, 1.165) is 13.1 Å². The molecule has 0 radical (unpaired) electrons. The fourth-order valence-electron chi connectivity index (χ4n) is 1.62. The largest absolute Gasteiger partial charge is 0.496 e. The normalized spacial score (nSPS) is 12.5. The maximum Gasteiger partial charge on any atom is 0.131 e. The van der Waals surface area contributed by atoms with E-state index in [0.29, 0.717) is 11.3 Å². The zero-order valence-corrected chi connectivity index (χ0v) is 14.8. The molecule has 0 bridgehead atoms. The second-order valence-electron chi connectivity index (χ2n) is 3.50. The molecule has 0 saturated heterocycles. The third-order valence-corrected chi connectivity index (χ3v) is 5.78. The highest BCUT2D eigenvalue weighted by Crippen LogP contribution is 2.44. The van der Waals surface area contributed by atoms with Gasteiger partial charge in [0.05, 0.1) is 19.5 Å². The molecule has 0 fully saturated rings. The van der Waals surface area contributed by atoms with E-state index in [1.165, 1.54) is 13.2 Å². The Bertz CT molecular complexity index is 570. The fraction of sp³-hybridized carbons (Fsp3) is 0.167. The van der Waals surface area contributed by atoms with Crippen molar-refractivity contribution in [2.45, 2.75) is 4.83 Å². The first-order chi connectivity index (χ1) is 8.54. The molecule has 1 atom stereocenters. The first-order valence-corrected chi connectivity index (χ1v) is 8.27. The topological polar surface area (TPSA) is 9.23 Å². The van der Waals surface area contributed by atoms with Gasteiger partial charge in [-0.25, -0.2) is 4.39 Å². The molecule has 0 spiro atoms. The standard InChI is InChI=1S/C12H8Br3FOS/c1-17-8-4-2-3-7(16)10(8)11(14)6-5-9(13)18-12(6)15/h2-5,11H,1H3. The molecule has 0 aliphatic heterocycles. The molecule has 0 aliphatic carbocycles. The van der Waals surface area contributed by atoms with Gasteiger partial charge in [-0.05, 0) is 55.6 Å². The van der Waals surface area contributed by atoms with Gasteiger partial charge in [0, 0.05) is 5.56 Å². The average Bonchev–Trinajstić information content (AvgIpc) is 2.67. The van der Waals surface area contributed by atoms with Crippen molar-refractivity contribution in [1.82, 2.24) is 0 Å². The number of methoxy groups -OCH3 is 1. The van der Waals surface area contributed by atoms with Gasteiger partial charge in [0.2, 0.25) is 0 Å². The summed E-state index contributed by atoms with van der Waals surface area (Å²) in [5.41, 5.74) is 1.47. The lowest BCUT2D eigenvalue weighted by atomic mass is 10.1. The SMILES string of the molecule is COc1cccc(F)c1C(Br)c1cc(Br)sc1Br. The second kappa shape index (κ2) is 6.03. The summed E-state index contributed by atoms with van der Waals surface area (Å²) in [5.74, 6) is 0.247. The molecule has 96 valence electrons. The zero-order valence-electron chi connectivity index (χ0n) is 9.22. The minimum Gasteiger partial charge on any atom is -0.496 e. The molecule has 1 heterocycles. The van der Waals surface area contributed by atoms with E-state index in [1.807, 2.05) is 6.07 Å². The van der Waals surface area contributed by atoms with Crippen LogP contribution >= 0.6 is 59.1 Å². The van der Waals surface area contributed by atoms with E-state index in [2.05, 4.69) is 47.8 Å². The minimum atomic E-state index is -0.287. The van der Waals surface area contributed by atoms with Crippen molar-refractivity contribution in [3.63, 3.8) is 0 Å². The summed E-state index contributed by atoms with van der Waals surface area (Å²) in [5, 5.41) is 0. The fourth-order valence-corrected chi connectivity index (χ4v) is 5.79. The molecule has 1 unspecified atom stereocenters. The number of halogens is 4. The summed E-state index contributed by atoms with van der Waals surface area (Å²) in [4.78, 5) is -0.259. The maximum absolute atomic E-state index is 14.0. The van der Waals surface area contributed by atoms with Crippen molar-refractivity contribution in [1.29, 1.82) is 0 Å². The van der Waals surface area contributed by atoms with Crippen LogP contribution in [0.4, 0.5) is 4.39 Å². The molecule has 0 aliphatic rings. The van der Waals surface area contributed by atoms with E-state index in [9.17, 15) is 4.39 Å². The molecule has 6 heteroatoms. The minimum absolute atomic E-state index is 0.259. The predicted molar refractivity (Wildman–Crippen MR) is 83.4 cm³/mol. The first kappa shape index (κ1) is 14.5. The number of ether oxygens (including phenoxy) is 1. The van der Waals surface area contributed by atoms with Crippen LogP contribution in [0.2, 0.25) is 0 Å². The average molecular weight is 459 g/mol. The number of hydrogen-bond donors (Lipinski definition) is 0. The zero-order chi connectivity index (χ0) is 13.3. The van der Waals surface area contributed by atoms with Gasteiger partial charge in [-0.1, -0.05) is 22.0 Å². The number of rotatable bonds is 3. The highest BCUT2D eigenvalue weighted by molar-refractivity contribution is 9.12. The van der Waals surface area contributed by atoms with Gasteiger partial charge < -0.3 is 4.74 Å². The van der Waals surface area contributed by atoms with Gasteiger partial charge in [-0.15, -0.1) is 11.3 Å². The van der Waals surface area contributed by atoms with Gasteiger partial charge in [0.15, 0.2) is 0 Å². The van der Waals surface area contributed by atoms with Crippen molar-refractivity contribution >= 4 is 59.1 Å². The van der Waals surface area contributed by atoms with Crippen LogP contribution in [-0.4, -0.2) is 7.11 Å². The van der Waals surface area contributed by atoms with Gasteiger partial charge in [0.25, 0.3) is 0 Å². The number of thiophene rings is 1. The predicted octanol–water partition coefficient (Wildman–Crippen LogP) is 5.91. The van der Waals surface area contributed by atoms with E-state index in [4.69, 9.17) is 4.74 Å². The van der Waals surface area contributed by atoms with Crippen molar-refractivity contribution in [2.24, 2.45) is 0 Å². The molecule has 0 N–H and O–H groups in total. The molecule has 1 nitrogen and oxygen atoms in total. The Morgan fingerprint density at radius 3 is 2.61 bits per heavy atom. The van der Waals surface area contributed by atoms with E-state index >= 15 is 0 Å². The number of hydrogen-bond acceptors (Lipinski definition) is 2. The molecule has 2 aromatic rings.